The highest BCUT2D eigenvalue weighted by molar-refractivity contribution is 5.64. The SMILES string of the molecule is CCc1cc(C)cc2c1C1(CC2(C)C)CC(C)(C)c2cc(C)cc(CC)c21. The van der Waals surface area contributed by atoms with Crippen molar-refractivity contribution in [3.8, 4) is 0 Å². The van der Waals surface area contributed by atoms with Crippen LogP contribution in [0.15, 0.2) is 24.3 Å². The highest BCUT2D eigenvalue weighted by Gasteiger charge is 2.57. The Bertz CT molecular complexity index is 846. The van der Waals surface area contributed by atoms with Gasteiger partial charge >= 0.3 is 0 Å². The van der Waals surface area contributed by atoms with Gasteiger partial charge in [-0.3, -0.25) is 0 Å². The van der Waals surface area contributed by atoms with Gasteiger partial charge in [-0.05, 0) is 83.7 Å². The van der Waals surface area contributed by atoms with Crippen molar-refractivity contribution < 1.29 is 0 Å². The molecule has 2 aromatic rings. The number of hydrogen-bond acceptors (Lipinski definition) is 0. The van der Waals surface area contributed by atoms with E-state index in [0.717, 1.165) is 12.8 Å². The molecule has 0 aromatic heterocycles. The fourth-order valence-electron chi connectivity index (χ4n) is 6.72. The predicted octanol–water partition coefficient (Wildman–Crippen LogP) is 7.08. The van der Waals surface area contributed by atoms with E-state index >= 15 is 0 Å². The van der Waals surface area contributed by atoms with Gasteiger partial charge in [0.1, 0.15) is 0 Å². The van der Waals surface area contributed by atoms with Crippen LogP contribution in [-0.2, 0) is 29.1 Å². The topological polar surface area (TPSA) is 0 Å². The molecule has 0 bridgehead atoms. The van der Waals surface area contributed by atoms with E-state index in [2.05, 4.69) is 79.7 Å². The molecule has 0 heterocycles. The Hall–Kier alpha value is -1.56. The minimum atomic E-state index is 0.190. The Morgan fingerprint density at radius 3 is 1.37 bits per heavy atom. The molecule has 27 heavy (non-hydrogen) atoms. The van der Waals surface area contributed by atoms with Gasteiger partial charge in [0, 0.05) is 5.41 Å². The molecule has 2 aliphatic carbocycles. The molecule has 0 saturated carbocycles. The van der Waals surface area contributed by atoms with Crippen LogP contribution in [0, 0.1) is 13.8 Å². The minimum absolute atomic E-state index is 0.190. The van der Waals surface area contributed by atoms with Gasteiger partial charge < -0.3 is 0 Å². The summed E-state index contributed by atoms with van der Waals surface area (Å²) < 4.78 is 0. The maximum absolute atomic E-state index is 2.49. The molecule has 2 aromatic carbocycles. The van der Waals surface area contributed by atoms with E-state index in [9.17, 15) is 0 Å². The molecule has 0 heteroatoms. The zero-order valence-corrected chi connectivity index (χ0v) is 18.6. The summed E-state index contributed by atoms with van der Waals surface area (Å²) in [5.74, 6) is 0. The summed E-state index contributed by atoms with van der Waals surface area (Å²) in [7, 11) is 0. The van der Waals surface area contributed by atoms with Crippen molar-refractivity contribution in [3.05, 3.63) is 68.8 Å². The van der Waals surface area contributed by atoms with Crippen LogP contribution in [0.4, 0.5) is 0 Å². The van der Waals surface area contributed by atoms with Gasteiger partial charge in [0.15, 0.2) is 0 Å². The first-order valence-corrected chi connectivity index (χ1v) is 10.8. The van der Waals surface area contributed by atoms with E-state index in [1.54, 1.807) is 33.4 Å². The van der Waals surface area contributed by atoms with Crippen molar-refractivity contribution in [2.24, 2.45) is 0 Å². The average molecular weight is 361 g/mol. The van der Waals surface area contributed by atoms with Crippen LogP contribution in [0.2, 0.25) is 0 Å². The second-order valence-electron chi connectivity index (χ2n) is 10.6. The summed E-state index contributed by atoms with van der Waals surface area (Å²) in [4.78, 5) is 0. The molecule has 0 radical (unpaired) electrons. The molecule has 2 aliphatic rings. The van der Waals surface area contributed by atoms with E-state index in [4.69, 9.17) is 0 Å². The van der Waals surface area contributed by atoms with Crippen LogP contribution >= 0.6 is 0 Å². The van der Waals surface area contributed by atoms with Crippen molar-refractivity contribution in [1.29, 1.82) is 0 Å². The van der Waals surface area contributed by atoms with Crippen molar-refractivity contribution in [3.63, 3.8) is 0 Å². The van der Waals surface area contributed by atoms with E-state index < -0.39 is 0 Å². The summed E-state index contributed by atoms with van der Waals surface area (Å²) >= 11 is 0. The fraction of sp³-hybridized carbons (Fsp3) is 0.556. The molecule has 0 aliphatic heterocycles. The summed E-state index contributed by atoms with van der Waals surface area (Å²) in [5.41, 5.74) is 13.3. The standard InChI is InChI=1S/C27H36/c1-9-19-11-17(3)13-21-23(19)27(15-25(21,5)6)16-26(7,8)22-14-18(4)12-20(10-2)24(22)27/h11-14H,9-10,15-16H2,1-8H3. The van der Waals surface area contributed by atoms with Crippen LogP contribution < -0.4 is 0 Å². The van der Waals surface area contributed by atoms with Gasteiger partial charge in [0.2, 0.25) is 0 Å². The van der Waals surface area contributed by atoms with Gasteiger partial charge in [-0.2, -0.15) is 0 Å². The Morgan fingerprint density at radius 2 is 1.04 bits per heavy atom. The Balaban J connectivity index is 2.13. The monoisotopic (exact) mass is 360 g/mol. The van der Waals surface area contributed by atoms with E-state index in [1.807, 2.05) is 0 Å². The molecule has 0 amide bonds. The number of hydrogen-bond donors (Lipinski definition) is 0. The zero-order chi connectivity index (χ0) is 19.8. The maximum Gasteiger partial charge on any atom is 0.0230 e. The number of aryl methyl sites for hydroxylation is 4. The lowest BCUT2D eigenvalue weighted by atomic mass is 9.70. The maximum atomic E-state index is 2.49. The van der Waals surface area contributed by atoms with Crippen LogP contribution in [-0.4, -0.2) is 0 Å². The quantitative estimate of drug-likeness (QED) is 0.537. The molecule has 1 spiro atoms. The van der Waals surface area contributed by atoms with Crippen molar-refractivity contribution >= 4 is 0 Å². The molecule has 4 rings (SSSR count). The number of fused-ring (bicyclic) bond motifs is 4. The lowest BCUT2D eigenvalue weighted by Crippen LogP contribution is -2.28. The third-order valence-electron chi connectivity index (χ3n) is 7.39. The van der Waals surface area contributed by atoms with Gasteiger partial charge in [0.25, 0.3) is 0 Å². The molecule has 0 unspecified atom stereocenters. The molecule has 0 atom stereocenters. The third kappa shape index (κ3) is 2.48. The highest BCUT2D eigenvalue weighted by atomic mass is 14.6. The molecule has 0 saturated heterocycles. The van der Waals surface area contributed by atoms with Crippen LogP contribution in [0.25, 0.3) is 0 Å². The van der Waals surface area contributed by atoms with E-state index in [-0.39, 0.29) is 16.2 Å². The van der Waals surface area contributed by atoms with Crippen LogP contribution in [0.1, 0.15) is 98.9 Å². The number of rotatable bonds is 2. The molecule has 0 N–H and O–H groups in total. The van der Waals surface area contributed by atoms with Gasteiger partial charge in [0.05, 0.1) is 0 Å². The van der Waals surface area contributed by atoms with Gasteiger partial charge in [-0.1, -0.05) is 76.9 Å². The first-order chi connectivity index (χ1) is 12.6. The predicted molar refractivity (Wildman–Crippen MR) is 117 cm³/mol. The average Bonchev–Trinajstić information content (AvgIpc) is 2.93. The molecule has 144 valence electrons. The van der Waals surface area contributed by atoms with Gasteiger partial charge in [-0.25, -0.2) is 0 Å². The second-order valence-corrected chi connectivity index (χ2v) is 10.6. The molecule has 0 nitrogen and oxygen atoms in total. The number of benzene rings is 2. The summed E-state index contributed by atoms with van der Waals surface area (Å²) in [6, 6.07) is 9.92. The summed E-state index contributed by atoms with van der Waals surface area (Å²) in [6.07, 6.45) is 4.76. The Kier molecular flexibility index (Phi) is 3.98. The van der Waals surface area contributed by atoms with E-state index in [0.29, 0.717) is 0 Å². The largest absolute Gasteiger partial charge is 0.0613 e. The normalized spacial score (nSPS) is 20.7. The van der Waals surface area contributed by atoms with Crippen molar-refractivity contribution in [2.45, 2.75) is 97.3 Å². The minimum Gasteiger partial charge on any atom is -0.0613 e. The first kappa shape index (κ1) is 18.8. The van der Waals surface area contributed by atoms with Gasteiger partial charge in [-0.15, -0.1) is 0 Å². The van der Waals surface area contributed by atoms with Crippen LogP contribution in [0.5, 0.6) is 0 Å². The molecular weight excluding hydrogens is 324 g/mol. The van der Waals surface area contributed by atoms with E-state index in [1.165, 1.54) is 24.0 Å². The summed E-state index contributed by atoms with van der Waals surface area (Å²) in [6.45, 7) is 19.1. The first-order valence-electron chi connectivity index (χ1n) is 10.8. The third-order valence-corrected chi connectivity index (χ3v) is 7.39. The second kappa shape index (κ2) is 5.72. The lowest BCUT2D eigenvalue weighted by molar-refractivity contribution is 0.348. The zero-order valence-electron chi connectivity index (χ0n) is 18.6. The Labute approximate surface area is 166 Å². The van der Waals surface area contributed by atoms with Crippen molar-refractivity contribution in [1.82, 2.24) is 0 Å². The highest BCUT2D eigenvalue weighted by Crippen LogP contribution is 2.64. The lowest BCUT2D eigenvalue weighted by Gasteiger charge is -2.33. The fourth-order valence-corrected chi connectivity index (χ4v) is 6.72. The van der Waals surface area contributed by atoms with Crippen LogP contribution in [0.3, 0.4) is 0 Å². The smallest absolute Gasteiger partial charge is 0.0230 e. The van der Waals surface area contributed by atoms with Crippen molar-refractivity contribution in [2.75, 3.05) is 0 Å². The Morgan fingerprint density at radius 1 is 0.667 bits per heavy atom. The molecule has 0 fully saturated rings. The molecular formula is C27H36. The summed E-state index contributed by atoms with van der Waals surface area (Å²) in [5, 5.41) is 0.